The Bertz CT molecular complexity index is 552. The normalized spacial score (nSPS) is 9.10. The van der Waals surface area contributed by atoms with Crippen LogP contribution in [0.5, 0.6) is 5.88 Å². The Morgan fingerprint density at radius 3 is 2.67 bits per heavy atom. The minimum absolute atomic E-state index is 0.153. The summed E-state index contributed by atoms with van der Waals surface area (Å²) < 4.78 is 19.0. The largest absolute Gasteiger partial charge is 0.473 e. The maximum Gasteiger partial charge on any atom is 0.221 e. The molecule has 0 saturated carbocycles. The van der Waals surface area contributed by atoms with Crippen LogP contribution in [0.4, 0.5) is 10.1 Å². The first kappa shape index (κ1) is 16.4. The van der Waals surface area contributed by atoms with E-state index >= 15 is 0 Å². The number of amides is 1. The average Bonchev–Trinajstić information content (AvgIpc) is 2.54. The van der Waals surface area contributed by atoms with Gasteiger partial charge in [-0.1, -0.05) is 12.1 Å². The molecule has 21 heavy (non-hydrogen) atoms. The van der Waals surface area contributed by atoms with E-state index in [1.54, 1.807) is 42.9 Å². The van der Waals surface area contributed by atoms with E-state index in [1.165, 1.54) is 6.07 Å². The van der Waals surface area contributed by atoms with Crippen molar-refractivity contribution in [1.29, 1.82) is 0 Å². The summed E-state index contributed by atoms with van der Waals surface area (Å²) in [6, 6.07) is 10.2. The van der Waals surface area contributed by atoms with Gasteiger partial charge in [0.25, 0.3) is 0 Å². The molecule has 1 aromatic heterocycles. The van der Waals surface area contributed by atoms with Gasteiger partial charge in [-0.3, -0.25) is 10.2 Å². The van der Waals surface area contributed by atoms with Crippen molar-refractivity contribution in [2.75, 3.05) is 12.4 Å². The van der Waals surface area contributed by atoms with Crippen molar-refractivity contribution in [2.24, 2.45) is 5.84 Å². The zero-order valence-corrected chi connectivity index (χ0v) is 11.5. The highest BCUT2D eigenvalue weighted by molar-refractivity contribution is 5.51. The van der Waals surface area contributed by atoms with Gasteiger partial charge in [-0.2, -0.15) is 0 Å². The maximum absolute atomic E-state index is 13.6. The second-order valence-electron chi connectivity index (χ2n) is 3.76. The van der Waals surface area contributed by atoms with E-state index < -0.39 is 0 Å². The molecule has 1 heterocycles. The summed E-state index contributed by atoms with van der Waals surface area (Å²) in [7, 11) is 1.75. The van der Waals surface area contributed by atoms with E-state index in [1.807, 2.05) is 6.07 Å². The fraction of sp³-hybridized carbons (Fsp3) is 0.143. The summed E-state index contributed by atoms with van der Waals surface area (Å²) in [6.07, 6.45) is 2.04. The lowest BCUT2D eigenvalue weighted by molar-refractivity contribution is -0.109. The third-order valence-electron chi connectivity index (χ3n) is 2.46. The monoisotopic (exact) mass is 292 g/mol. The highest BCUT2D eigenvalue weighted by Crippen LogP contribution is 2.20. The summed E-state index contributed by atoms with van der Waals surface area (Å²) in [6.45, 7) is 0.153. The zero-order valence-electron chi connectivity index (χ0n) is 11.5. The van der Waals surface area contributed by atoms with E-state index in [4.69, 9.17) is 9.53 Å². The molecule has 0 spiro atoms. The number of rotatable bonds is 5. The third-order valence-corrected chi connectivity index (χ3v) is 2.46. The second-order valence-corrected chi connectivity index (χ2v) is 3.76. The molecule has 2 rings (SSSR count). The Hall–Kier alpha value is -2.67. The summed E-state index contributed by atoms with van der Waals surface area (Å²) in [4.78, 5) is 13.0. The summed E-state index contributed by atoms with van der Waals surface area (Å²) in [5.41, 5.74) is 2.97. The molecule has 0 bridgehead atoms. The van der Waals surface area contributed by atoms with Crippen molar-refractivity contribution in [3.05, 3.63) is 54.0 Å². The van der Waals surface area contributed by atoms with E-state index in [9.17, 15) is 4.39 Å². The minimum Gasteiger partial charge on any atom is -0.473 e. The van der Waals surface area contributed by atoms with Crippen molar-refractivity contribution in [3.63, 3.8) is 0 Å². The smallest absolute Gasteiger partial charge is 0.221 e. The fourth-order valence-electron chi connectivity index (χ4n) is 1.52. The molecule has 6 nitrogen and oxygen atoms in total. The molecule has 0 aliphatic heterocycles. The van der Waals surface area contributed by atoms with E-state index in [0.29, 0.717) is 17.9 Å². The number of benzene rings is 1. The second kappa shape index (κ2) is 9.27. The number of nitrogens with one attached hydrogen (secondary N) is 2. The summed E-state index contributed by atoms with van der Waals surface area (Å²) >= 11 is 0. The number of anilines is 1. The molecule has 1 amide bonds. The fourth-order valence-corrected chi connectivity index (χ4v) is 1.52. The lowest BCUT2D eigenvalue weighted by Gasteiger charge is -2.10. The molecule has 7 heteroatoms. The van der Waals surface area contributed by atoms with Crippen molar-refractivity contribution < 1.29 is 13.9 Å². The minimum atomic E-state index is -0.284. The van der Waals surface area contributed by atoms with E-state index in [2.05, 4.69) is 16.1 Å². The van der Waals surface area contributed by atoms with Crippen LogP contribution in [0.2, 0.25) is 0 Å². The third kappa shape index (κ3) is 5.45. The van der Waals surface area contributed by atoms with Gasteiger partial charge in [0.1, 0.15) is 12.4 Å². The van der Waals surface area contributed by atoms with Crippen molar-refractivity contribution in [1.82, 2.24) is 10.4 Å². The van der Waals surface area contributed by atoms with Gasteiger partial charge in [0.05, 0.1) is 0 Å². The Kier molecular flexibility index (Phi) is 7.23. The van der Waals surface area contributed by atoms with Crippen LogP contribution in [0.3, 0.4) is 0 Å². The first-order valence-corrected chi connectivity index (χ1v) is 6.11. The molecule has 4 N–H and O–H groups in total. The molecule has 0 unspecified atom stereocenters. The van der Waals surface area contributed by atoms with Crippen LogP contribution in [0.15, 0.2) is 42.6 Å². The van der Waals surface area contributed by atoms with Crippen LogP contribution in [0.1, 0.15) is 5.56 Å². The van der Waals surface area contributed by atoms with Gasteiger partial charge in [0, 0.05) is 30.6 Å². The lowest BCUT2D eigenvalue weighted by atomic mass is 10.2. The number of pyridine rings is 1. The Labute approximate surface area is 122 Å². The molecule has 2 aromatic rings. The Morgan fingerprint density at radius 1 is 1.33 bits per heavy atom. The highest BCUT2D eigenvalue weighted by Gasteiger charge is 2.08. The van der Waals surface area contributed by atoms with Crippen molar-refractivity contribution >= 4 is 12.1 Å². The van der Waals surface area contributed by atoms with Gasteiger partial charge < -0.3 is 10.1 Å². The number of ether oxygens (including phenoxy) is 1. The molecule has 0 atom stereocenters. The Balaban J connectivity index is 0.000000491. The number of hydrogen-bond acceptors (Lipinski definition) is 5. The van der Waals surface area contributed by atoms with Crippen LogP contribution in [0, 0.1) is 5.82 Å². The predicted molar refractivity (Wildman–Crippen MR) is 77.9 cm³/mol. The topological polar surface area (TPSA) is 89.3 Å². The van der Waals surface area contributed by atoms with Gasteiger partial charge in [-0.05, 0) is 18.2 Å². The van der Waals surface area contributed by atoms with Crippen LogP contribution < -0.4 is 21.3 Å². The van der Waals surface area contributed by atoms with E-state index in [-0.39, 0.29) is 12.4 Å². The van der Waals surface area contributed by atoms with Crippen molar-refractivity contribution in [3.8, 4) is 5.88 Å². The standard InChI is InChI=1S/C13H13FN2O.CH4N2O/c1-15-12-6-4-5-11(14)10(12)9-17-13-7-2-3-8-16-13;2-3-1-4/h2-8,15H,9H2,1H3;1H,2H2,(H,3,4). The number of nitrogens with two attached hydrogens (primary N) is 1. The van der Waals surface area contributed by atoms with Crippen LogP contribution in [-0.2, 0) is 11.4 Å². The first-order valence-electron chi connectivity index (χ1n) is 6.11. The number of hydrazine groups is 1. The summed E-state index contributed by atoms with van der Waals surface area (Å²) in [5, 5.41) is 2.93. The van der Waals surface area contributed by atoms with Crippen LogP contribution >= 0.6 is 0 Å². The molecule has 0 saturated heterocycles. The van der Waals surface area contributed by atoms with Gasteiger partial charge >= 0.3 is 0 Å². The molecule has 0 radical (unpaired) electrons. The Morgan fingerprint density at radius 2 is 2.10 bits per heavy atom. The highest BCUT2D eigenvalue weighted by atomic mass is 19.1. The van der Waals surface area contributed by atoms with Crippen molar-refractivity contribution in [2.45, 2.75) is 6.61 Å². The van der Waals surface area contributed by atoms with Gasteiger partial charge in [0.2, 0.25) is 12.3 Å². The maximum atomic E-state index is 13.6. The average molecular weight is 292 g/mol. The van der Waals surface area contributed by atoms with Gasteiger partial charge in [0.15, 0.2) is 0 Å². The first-order chi connectivity index (χ1) is 10.2. The summed E-state index contributed by atoms with van der Waals surface area (Å²) in [5.74, 6) is 4.61. The zero-order chi connectivity index (χ0) is 15.5. The van der Waals surface area contributed by atoms with Gasteiger partial charge in [-0.15, -0.1) is 0 Å². The number of carbonyl (C=O) groups excluding carboxylic acids is 1. The van der Waals surface area contributed by atoms with Gasteiger partial charge in [-0.25, -0.2) is 15.2 Å². The number of nitrogens with zero attached hydrogens (tertiary/aromatic N) is 1. The molecule has 0 aliphatic carbocycles. The SMILES string of the molecule is CNc1cccc(F)c1COc1ccccn1.NNC=O. The molecular weight excluding hydrogens is 275 g/mol. The van der Waals surface area contributed by atoms with Crippen LogP contribution in [-0.4, -0.2) is 18.4 Å². The molecule has 112 valence electrons. The van der Waals surface area contributed by atoms with Crippen LogP contribution in [0.25, 0.3) is 0 Å². The molecule has 0 fully saturated rings. The number of carbonyl (C=O) groups is 1. The number of aromatic nitrogens is 1. The quantitative estimate of drug-likeness (QED) is 0.336. The van der Waals surface area contributed by atoms with E-state index in [0.717, 1.165) is 5.69 Å². The molecule has 0 aliphatic rings. The number of halogens is 1. The lowest BCUT2D eigenvalue weighted by Crippen LogP contribution is -2.18. The molecular formula is C14H17FN4O2. The predicted octanol–water partition coefficient (Wildman–Crippen LogP) is 1.45. The molecule has 1 aromatic carbocycles. The number of hydrogen-bond donors (Lipinski definition) is 3.